The summed E-state index contributed by atoms with van der Waals surface area (Å²) in [7, 11) is 0. The van der Waals surface area contributed by atoms with Crippen molar-refractivity contribution in [3.63, 3.8) is 0 Å². The third kappa shape index (κ3) is 3.16. The zero-order chi connectivity index (χ0) is 21.0. The molecule has 2 fully saturated rings. The second kappa shape index (κ2) is 7.35. The lowest BCUT2D eigenvalue weighted by atomic mass is 9.54. The second-order valence-corrected chi connectivity index (χ2v) is 10.3. The van der Waals surface area contributed by atoms with E-state index in [0.29, 0.717) is 16.9 Å². The van der Waals surface area contributed by atoms with Crippen LogP contribution < -0.4 is 4.74 Å². The normalized spacial score (nSPS) is 32.3. The van der Waals surface area contributed by atoms with E-state index >= 15 is 0 Å². The highest BCUT2D eigenvalue weighted by atomic mass is 19.1. The minimum absolute atomic E-state index is 0.0577. The quantitative estimate of drug-likeness (QED) is 0.514. The lowest BCUT2D eigenvalue weighted by molar-refractivity contribution is 0.0336. The van der Waals surface area contributed by atoms with Gasteiger partial charge in [-0.25, -0.2) is 8.78 Å². The van der Waals surface area contributed by atoms with E-state index in [4.69, 9.17) is 4.74 Å². The number of hydrogen-bond donors (Lipinski definition) is 0. The minimum atomic E-state index is -0.518. The van der Waals surface area contributed by atoms with Crippen molar-refractivity contribution in [1.82, 2.24) is 0 Å². The van der Waals surface area contributed by atoms with E-state index < -0.39 is 11.6 Å². The van der Waals surface area contributed by atoms with Crippen LogP contribution in [0.25, 0.3) is 0 Å². The maximum Gasteiger partial charge on any atom is 0.129 e. The summed E-state index contributed by atoms with van der Waals surface area (Å²) in [5.41, 5.74) is 4.05. The average molecular weight is 411 g/mol. The van der Waals surface area contributed by atoms with Gasteiger partial charge in [-0.2, -0.15) is 0 Å². The third-order valence-electron chi connectivity index (χ3n) is 8.92. The Balaban J connectivity index is 1.33. The first-order valence-electron chi connectivity index (χ1n) is 11.6. The molecule has 2 aromatic rings. The molecule has 0 heterocycles. The molecule has 2 aromatic carbocycles. The van der Waals surface area contributed by atoms with Gasteiger partial charge in [0.2, 0.25) is 0 Å². The summed E-state index contributed by atoms with van der Waals surface area (Å²) >= 11 is 0. The molecule has 3 aliphatic carbocycles. The van der Waals surface area contributed by atoms with E-state index in [1.165, 1.54) is 62.3 Å². The van der Waals surface area contributed by atoms with Crippen LogP contribution in [-0.4, -0.2) is 0 Å². The first-order chi connectivity index (χ1) is 14.4. The standard InChI is InChI=1S/C27H32F2O/c1-16-4-9-24-23-7-5-19-14-20(6-8-21(19)22(23)10-11-27(16,24)3)30-15-18-12-25(28)17(2)26(29)13-18/h6,8,12-14,16,22-24H,4-5,7,9-11,15H2,1-3H3/t16-,22?,23?,24?,27+/m0/s1. The van der Waals surface area contributed by atoms with Gasteiger partial charge in [0.05, 0.1) is 0 Å². The van der Waals surface area contributed by atoms with Gasteiger partial charge in [0, 0.05) is 5.56 Å². The zero-order valence-corrected chi connectivity index (χ0v) is 18.3. The Morgan fingerprint density at radius 2 is 1.80 bits per heavy atom. The number of halogens is 2. The molecule has 0 aliphatic heterocycles. The molecule has 30 heavy (non-hydrogen) atoms. The van der Waals surface area contributed by atoms with Gasteiger partial charge in [-0.15, -0.1) is 0 Å². The molecular weight excluding hydrogens is 378 g/mol. The molecular formula is C27H32F2O. The van der Waals surface area contributed by atoms with Gasteiger partial charge in [-0.1, -0.05) is 19.9 Å². The predicted molar refractivity (Wildman–Crippen MR) is 116 cm³/mol. The van der Waals surface area contributed by atoms with Crippen LogP contribution in [0.4, 0.5) is 8.78 Å². The van der Waals surface area contributed by atoms with Crippen LogP contribution in [0.2, 0.25) is 0 Å². The van der Waals surface area contributed by atoms with Crippen molar-refractivity contribution in [2.45, 2.75) is 71.8 Å². The van der Waals surface area contributed by atoms with Crippen LogP contribution in [0, 0.1) is 41.7 Å². The number of rotatable bonds is 3. The molecule has 160 valence electrons. The molecule has 0 spiro atoms. The van der Waals surface area contributed by atoms with Crippen molar-refractivity contribution in [3.05, 3.63) is 64.2 Å². The number of ether oxygens (including phenoxy) is 1. The predicted octanol–water partition coefficient (Wildman–Crippen LogP) is 7.34. The number of aryl methyl sites for hydroxylation is 1. The van der Waals surface area contributed by atoms with Crippen molar-refractivity contribution in [2.24, 2.45) is 23.2 Å². The lowest BCUT2D eigenvalue weighted by Gasteiger charge is -2.50. The summed E-state index contributed by atoms with van der Waals surface area (Å²) in [5.74, 6) is 3.01. The Morgan fingerprint density at radius 1 is 1.03 bits per heavy atom. The first-order valence-corrected chi connectivity index (χ1v) is 11.6. The summed E-state index contributed by atoms with van der Waals surface area (Å²) in [4.78, 5) is 0. The van der Waals surface area contributed by atoms with Gasteiger partial charge in [0.25, 0.3) is 0 Å². The Morgan fingerprint density at radius 3 is 2.57 bits per heavy atom. The van der Waals surface area contributed by atoms with Crippen molar-refractivity contribution in [1.29, 1.82) is 0 Å². The fourth-order valence-electron chi connectivity index (χ4n) is 6.86. The van der Waals surface area contributed by atoms with Crippen LogP contribution in [0.1, 0.15) is 74.1 Å². The number of benzene rings is 2. The monoisotopic (exact) mass is 410 g/mol. The molecule has 0 saturated heterocycles. The summed E-state index contributed by atoms with van der Waals surface area (Å²) in [6, 6.07) is 9.20. The van der Waals surface area contributed by atoms with Crippen molar-refractivity contribution >= 4 is 0 Å². The van der Waals surface area contributed by atoms with E-state index in [0.717, 1.165) is 29.9 Å². The number of fused-ring (bicyclic) bond motifs is 5. The van der Waals surface area contributed by atoms with E-state index in [-0.39, 0.29) is 12.2 Å². The second-order valence-electron chi connectivity index (χ2n) is 10.3. The molecule has 0 N–H and O–H groups in total. The maximum atomic E-state index is 13.8. The fourth-order valence-corrected chi connectivity index (χ4v) is 6.86. The average Bonchev–Trinajstić information content (AvgIpc) is 3.04. The van der Waals surface area contributed by atoms with E-state index in [2.05, 4.69) is 26.0 Å². The Labute approximate surface area is 178 Å². The fraction of sp³-hybridized carbons (Fsp3) is 0.556. The van der Waals surface area contributed by atoms with Crippen LogP contribution in [0.5, 0.6) is 5.75 Å². The van der Waals surface area contributed by atoms with E-state index in [9.17, 15) is 8.78 Å². The maximum absolute atomic E-state index is 13.8. The van der Waals surface area contributed by atoms with Gasteiger partial charge in [-0.05, 0) is 115 Å². The molecule has 3 heteroatoms. The molecule has 3 aliphatic rings. The van der Waals surface area contributed by atoms with Crippen LogP contribution in [0.15, 0.2) is 30.3 Å². The lowest BCUT2D eigenvalue weighted by Crippen LogP contribution is -2.41. The molecule has 5 atom stereocenters. The van der Waals surface area contributed by atoms with Crippen molar-refractivity contribution in [3.8, 4) is 5.75 Å². The van der Waals surface area contributed by atoms with Crippen LogP contribution in [0.3, 0.4) is 0 Å². The van der Waals surface area contributed by atoms with Gasteiger partial charge in [0.1, 0.15) is 24.0 Å². The Kier molecular flexibility index (Phi) is 4.91. The van der Waals surface area contributed by atoms with E-state index in [1.54, 1.807) is 0 Å². The third-order valence-corrected chi connectivity index (χ3v) is 8.92. The summed E-state index contributed by atoms with van der Waals surface area (Å²) < 4.78 is 33.5. The molecule has 3 unspecified atom stereocenters. The molecule has 0 bridgehead atoms. The Hall–Kier alpha value is -1.90. The first kappa shape index (κ1) is 20.0. The highest BCUT2D eigenvalue weighted by molar-refractivity contribution is 5.41. The van der Waals surface area contributed by atoms with Gasteiger partial charge >= 0.3 is 0 Å². The van der Waals surface area contributed by atoms with Crippen LogP contribution >= 0.6 is 0 Å². The highest BCUT2D eigenvalue weighted by Gasteiger charge is 2.53. The minimum Gasteiger partial charge on any atom is -0.489 e. The highest BCUT2D eigenvalue weighted by Crippen LogP contribution is 2.62. The van der Waals surface area contributed by atoms with Crippen molar-refractivity contribution < 1.29 is 13.5 Å². The van der Waals surface area contributed by atoms with Gasteiger partial charge in [-0.3, -0.25) is 0 Å². The van der Waals surface area contributed by atoms with Crippen molar-refractivity contribution in [2.75, 3.05) is 0 Å². The van der Waals surface area contributed by atoms with Gasteiger partial charge < -0.3 is 4.74 Å². The molecule has 0 aromatic heterocycles. The topological polar surface area (TPSA) is 9.23 Å². The summed E-state index contributed by atoms with van der Waals surface area (Å²) in [6.45, 7) is 6.64. The summed E-state index contributed by atoms with van der Waals surface area (Å²) in [5, 5.41) is 0. The molecule has 0 radical (unpaired) electrons. The number of hydrogen-bond acceptors (Lipinski definition) is 1. The Bertz CT molecular complexity index is 944. The van der Waals surface area contributed by atoms with E-state index in [1.807, 2.05) is 6.07 Å². The molecule has 0 amide bonds. The SMILES string of the molecule is Cc1c(F)cc(COc2ccc3c(c2)CCC2C3CC[C@@]3(C)C2CC[C@@H]3C)cc1F. The van der Waals surface area contributed by atoms with Crippen LogP contribution in [-0.2, 0) is 13.0 Å². The van der Waals surface area contributed by atoms with Gasteiger partial charge in [0.15, 0.2) is 0 Å². The zero-order valence-electron chi connectivity index (χ0n) is 18.3. The molecule has 1 nitrogen and oxygen atoms in total. The smallest absolute Gasteiger partial charge is 0.129 e. The summed E-state index contributed by atoms with van der Waals surface area (Å²) in [6.07, 6.45) is 7.84. The largest absolute Gasteiger partial charge is 0.489 e. The molecule has 2 saturated carbocycles. The molecule has 5 rings (SSSR count).